The second kappa shape index (κ2) is 10.2. The van der Waals surface area contributed by atoms with Gasteiger partial charge in [-0.3, -0.25) is 9.59 Å². The van der Waals surface area contributed by atoms with E-state index in [4.69, 9.17) is 16.3 Å². The molecule has 0 atom stereocenters. The second-order valence-electron chi connectivity index (χ2n) is 6.12. The molecule has 156 valence electrons. The summed E-state index contributed by atoms with van der Waals surface area (Å²) in [5, 5.41) is 5.76. The predicted molar refractivity (Wildman–Crippen MR) is 111 cm³/mol. The lowest BCUT2D eigenvalue weighted by molar-refractivity contribution is -0.121. The molecular weight excluding hydrogens is 418 g/mol. The fraction of sp³-hybridized carbons (Fsp3) is 0.263. The summed E-state index contributed by atoms with van der Waals surface area (Å²) in [5.41, 5.74) is 0.484. The number of ether oxygens (including phenoxy) is 1. The van der Waals surface area contributed by atoms with E-state index in [1.807, 2.05) is 0 Å². The maximum absolute atomic E-state index is 12.6. The first-order chi connectivity index (χ1) is 13.7. The molecule has 0 radical (unpaired) electrons. The maximum Gasteiger partial charge on any atom is 0.243 e. The van der Waals surface area contributed by atoms with E-state index < -0.39 is 15.9 Å². The molecule has 8 nitrogen and oxygen atoms in total. The molecule has 2 N–H and O–H groups in total. The number of hydrogen-bond acceptors (Lipinski definition) is 5. The number of hydrogen-bond donors (Lipinski definition) is 2. The minimum atomic E-state index is -3.84. The highest BCUT2D eigenvalue weighted by atomic mass is 35.5. The molecule has 0 aliphatic rings. The average Bonchev–Trinajstić information content (AvgIpc) is 2.66. The van der Waals surface area contributed by atoms with Gasteiger partial charge in [-0.1, -0.05) is 11.6 Å². The Balaban J connectivity index is 1.82. The van der Waals surface area contributed by atoms with Crippen LogP contribution in [0.1, 0.15) is 6.92 Å². The molecule has 0 unspecified atom stereocenters. The quantitative estimate of drug-likeness (QED) is 0.582. The van der Waals surface area contributed by atoms with Crippen molar-refractivity contribution in [1.82, 2.24) is 9.62 Å². The van der Waals surface area contributed by atoms with Gasteiger partial charge in [0.1, 0.15) is 12.4 Å². The summed E-state index contributed by atoms with van der Waals surface area (Å²) in [7, 11) is -2.52. The minimum Gasteiger partial charge on any atom is -0.492 e. The number of amides is 2. The number of rotatable bonds is 9. The SMILES string of the molecule is CC(=O)Nc1ccc(S(=O)(=O)N(C)CC(=O)NCCOc2ccc(Cl)cc2)cc1. The second-order valence-corrected chi connectivity index (χ2v) is 8.60. The number of likely N-dealkylation sites (N-methyl/N-ethyl adjacent to an activating group) is 1. The van der Waals surface area contributed by atoms with E-state index >= 15 is 0 Å². The number of anilines is 1. The van der Waals surface area contributed by atoms with Crippen LogP contribution in [0.4, 0.5) is 5.69 Å². The van der Waals surface area contributed by atoms with E-state index in [1.54, 1.807) is 24.3 Å². The summed E-state index contributed by atoms with van der Waals surface area (Å²) in [6.45, 7) is 1.48. The first-order valence-electron chi connectivity index (χ1n) is 8.67. The number of nitrogens with one attached hydrogen (secondary N) is 2. The molecule has 2 amide bonds. The monoisotopic (exact) mass is 439 g/mol. The van der Waals surface area contributed by atoms with Gasteiger partial charge in [0.25, 0.3) is 0 Å². The Labute approximate surface area is 174 Å². The van der Waals surface area contributed by atoms with Crippen LogP contribution in [0.3, 0.4) is 0 Å². The van der Waals surface area contributed by atoms with Gasteiger partial charge in [0.15, 0.2) is 0 Å². The van der Waals surface area contributed by atoms with Crippen LogP contribution in [-0.2, 0) is 19.6 Å². The largest absolute Gasteiger partial charge is 0.492 e. The van der Waals surface area contributed by atoms with Crippen molar-refractivity contribution in [3.8, 4) is 5.75 Å². The molecule has 0 saturated carbocycles. The van der Waals surface area contributed by atoms with Crippen molar-refractivity contribution in [3.05, 3.63) is 53.6 Å². The van der Waals surface area contributed by atoms with Crippen molar-refractivity contribution in [3.63, 3.8) is 0 Å². The van der Waals surface area contributed by atoms with Crippen molar-refractivity contribution in [2.45, 2.75) is 11.8 Å². The zero-order valence-corrected chi connectivity index (χ0v) is 17.6. The predicted octanol–water partition coefficient (Wildman–Crippen LogP) is 2.11. The maximum atomic E-state index is 12.6. The molecule has 0 fully saturated rings. The fourth-order valence-corrected chi connectivity index (χ4v) is 3.58. The van der Waals surface area contributed by atoms with E-state index in [0.717, 1.165) is 4.31 Å². The lowest BCUT2D eigenvalue weighted by Crippen LogP contribution is -2.39. The number of benzene rings is 2. The number of halogens is 1. The highest BCUT2D eigenvalue weighted by Gasteiger charge is 2.22. The molecule has 29 heavy (non-hydrogen) atoms. The summed E-state index contributed by atoms with van der Waals surface area (Å²) in [5.74, 6) is -0.0915. The standard InChI is InChI=1S/C19H22ClN3O5S/c1-14(24)22-16-5-9-18(10-6-16)29(26,27)23(2)13-19(25)21-11-12-28-17-7-3-15(20)4-8-17/h3-10H,11-13H2,1-2H3,(H,21,25)(H,22,24). The van der Waals surface area contributed by atoms with E-state index in [9.17, 15) is 18.0 Å². The summed E-state index contributed by atoms with van der Waals surface area (Å²) in [6, 6.07) is 12.5. The van der Waals surface area contributed by atoms with E-state index in [2.05, 4.69) is 10.6 Å². The van der Waals surface area contributed by atoms with Crippen LogP contribution in [0.2, 0.25) is 5.02 Å². The molecule has 0 saturated heterocycles. The third-order valence-corrected chi connectivity index (χ3v) is 5.83. The van der Waals surface area contributed by atoms with E-state index in [1.165, 1.54) is 38.2 Å². The molecule has 0 heterocycles. The highest BCUT2D eigenvalue weighted by Crippen LogP contribution is 2.17. The third-order valence-electron chi connectivity index (χ3n) is 3.76. The molecule has 0 bridgehead atoms. The number of nitrogens with zero attached hydrogens (tertiary/aromatic N) is 1. The molecule has 10 heteroatoms. The number of carbonyl (C=O) groups is 2. The molecule has 2 aromatic rings. The van der Waals surface area contributed by atoms with E-state index in [-0.39, 0.29) is 30.5 Å². The summed E-state index contributed by atoms with van der Waals surface area (Å²) >= 11 is 5.79. The number of sulfonamides is 1. The Kier molecular flexibility index (Phi) is 8.00. The van der Waals surface area contributed by atoms with Gasteiger partial charge in [-0.25, -0.2) is 8.42 Å². The average molecular weight is 440 g/mol. The van der Waals surface area contributed by atoms with Gasteiger partial charge in [0, 0.05) is 24.7 Å². The van der Waals surface area contributed by atoms with Crippen molar-refractivity contribution >= 4 is 39.1 Å². The summed E-state index contributed by atoms with van der Waals surface area (Å²) in [6.07, 6.45) is 0. The molecule has 2 aromatic carbocycles. The summed E-state index contributed by atoms with van der Waals surface area (Å²) in [4.78, 5) is 23.1. The zero-order chi connectivity index (χ0) is 21.4. The van der Waals surface area contributed by atoms with Crippen LogP contribution >= 0.6 is 11.6 Å². The zero-order valence-electron chi connectivity index (χ0n) is 16.0. The summed E-state index contributed by atoms with van der Waals surface area (Å²) < 4.78 is 31.5. The van der Waals surface area contributed by atoms with Crippen LogP contribution in [0.25, 0.3) is 0 Å². The molecule has 0 aromatic heterocycles. The van der Waals surface area contributed by atoms with Gasteiger partial charge in [-0.05, 0) is 48.5 Å². The van der Waals surface area contributed by atoms with Gasteiger partial charge in [0.2, 0.25) is 21.8 Å². The van der Waals surface area contributed by atoms with Crippen molar-refractivity contribution in [2.75, 3.05) is 32.1 Å². The van der Waals surface area contributed by atoms with Crippen LogP contribution in [0.15, 0.2) is 53.4 Å². The topological polar surface area (TPSA) is 105 Å². The Morgan fingerprint density at radius 1 is 1.07 bits per heavy atom. The molecule has 0 aliphatic heterocycles. The lowest BCUT2D eigenvalue weighted by Gasteiger charge is -2.17. The molecule has 0 spiro atoms. The molecule has 0 aliphatic carbocycles. The van der Waals surface area contributed by atoms with Crippen LogP contribution in [0.5, 0.6) is 5.75 Å². The van der Waals surface area contributed by atoms with Gasteiger partial charge < -0.3 is 15.4 Å². The van der Waals surface area contributed by atoms with E-state index in [0.29, 0.717) is 16.5 Å². The van der Waals surface area contributed by atoms with Crippen LogP contribution in [0, 0.1) is 0 Å². The van der Waals surface area contributed by atoms with Crippen molar-refractivity contribution < 1.29 is 22.7 Å². The van der Waals surface area contributed by atoms with Crippen LogP contribution in [-0.4, -0.2) is 51.3 Å². The third kappa shape index (κ3) is 7.04. The van der Waals surface area contributed by atoms with Crippen molar-refractivity contribution in [1.29, 1.82) is 0 Å². The van der Waals surface area contributed by atoms with Crippen LogP contribution < -0.4 is 15.4 Å². The Bertz CT molecular complexity index is 947. The first-order valence-corrected chi connectivity index (χ1v) is 10.5. The Morgan fingerprint density at radius 2 is 1.69 bits per heavy atom. The number of carbonyl (C=O) groups excluding carboxylic acids is 2. The van der Waals surface area contributed by atoms with Crippen molar-refractivity contribution in [2.24, 2.45) is 0 Å². The molecular formula is C19H22ClN3O5S. The van der Waals surface area contributed by atoms with Gasteiger partial charge in [-0.15, -0.1) is 0 Å². The highest BCUT2D eigenvalue weighted by molar-refractivity contribution is 7.89. The normalized spacial score (nSPS) is 11.2. The molecule has 2 rings (SSSR count). The minimum absolute atomic E-state index is 0.0213. The van der Waals surface area contributed by atoms with Gasteiger partial charge in [0.05, 0.1) is 18.0 Å². The Morgan fingerprint density at radius 3 is 2.28 bits per heavy atom. The smallest absolute Gasteiger partial charge is 0.243 e. The first kappa shape index (κ1) is 22.7. The van der Waals surface area contributed by atoms with Gasteiger partial charge in [-0.2, -0.15) is 4.31 Å². The fourth-order valence-electron chi connectivity index (χ4n) is 2.33. The lowest BCUT2D eigenvalue weighted by atomic mass is 10.3. The Hall–Kier alpha value is -2.62. The van der Waals surface area contributed by atoms with Gasteiger partial charge >= 0.3 is 0 Å².